The number of alkyl halides is 3. The average molecular weight is 249 g/mol. The molecule has 2 aliphatic rings. The third-order valence-corrected chi connectivity index (χ3v) is 4.27. The maximum atomic E-state index is 12.3. The topological polar surface area (TPSA) is 20.3 Å². The van der Waals surface area contributed by atoms with E-state index in [0.29, 0.717) is 0 Å². The number of carbonyl (C=O) groups excluding carboxylic acids is 1. The molecule has 0 atom stereocenters. The van der Waals surface area contributed by atoms with Crippen LogP contribution in [0.1, 0.15) is 44.9 Å². The molecule has 98 valence electrons. The van der Waals surface area contributed by atoms with Crippen molar-refractivity contribution in [1.82, 2.24) is 4.90 Å². The highest BCUT2D eigenvalue weighted by molar-refractivity contribution is 5.81. The molecule has 0 aromatic heterocycles. The molecule has 1 heterocycles. The van der Waals surface area contributed by atoms with Crippen molar-refractivity contribution in [1.29, 1.82) is 0 Å². The van der Waals surface area contributed by atoms with E-state index in [0.717, 1.165) is 30.6 Å². The molecular formula is C12H18F3NO. The summed E-state index contributed by atoms with van der Waals surface area (Å²) < 4.78 is 36.8. The molecule has 2 nitrogen and oxygen atoms in total. The van der Waals surface area contributed by atoms with Crippen molar-refractivity contribution >= 4 is 5.91 Å². The second-order valence-corrected chi connectivity index (χ2v) is 5.35. The van der Waals surface area contributed by atoms with E-state index in [1.807, 2.05) is 0 Å². The molecule has 1 amide bonds. The van der Waals surface area contributed by atoms with Crippen molar-refractivity contribution in [3.63, 3.8) is 0 Å². The van der Waals surface area contributed by atoms with Gasteiger partial charge in [0.1, 0.15) is 0 Å². The quantitative estimate of drug-likeness (QED) is 0.646. The molecule has 0 unspecified atom stereocenters. The Balaban J connectivity index is 1.91. The third-order valence-electron chi connectivity index (χ3n) is 4.27. The summed E-state index contributed by atoms with van der Waals surface area (Å²) in [5.74, 6) is -1.66. The van der Waals surface area contributed by atoms with Gasteiger partial charge in [-0.1, -0.05) is 19.3 Å². The smallest absolute Gasteiger partial charge is 0.335 e. The number of hydrogen-bond donors (Lipinski definition) is 0. The summed E-state index contributed by atoms with van der Waals surface area (Å²) in [5, 5.41) is 0. The van der Waals surface area contributed by atoms with E-state index >= 15 is 0 Å². The maximum Gasteiger partial charge on any atom is 0.471 e. The van der Waals surface area contributed by atoms with E-state index in [-0.39, 0.29) is 18.5 Å². The van der Waals surface area contributed by atoms with E-state index in [4.69, 9.17) is 0 Å². The Morgan fingerprint density at radius 2 is 1.47 bits per heavy atom. The first-order valence-corrected chi connectivity index (χ1v) is 6.29. The summed E-state index contributed by atoms with van der Waals surface area (Å²) in [6.45, 7) is 0.552. The second-order valence-electron chi connectivity index (χ2n) is 5.35. The zero-order chi connectivity index (χ0) is 12.5. The van der Waals surface area contributed by atoms with Crippen molar-refractivity contribution in [2.75, 3.05) is 13.1 Å². The highest BCUT2D eigenvalue weighted by Crippen LogP contribution is 2.44. The summed E-state index contributed by atoms with van der Waals surface area (Å²) in [6.07, 6.45) is 2.65. The first kappa shape index (κ1) is 12.7. The zero-order valence-corrected chi connectivity index (χ0v) is 9.85. The van der Waals surface area contributed by atoms with Gasteiger partial charge in [0.15, 0.2) is 0 Å². The molecule has 1 aliphatic heterocycles. The molecule has 0 N–H and O–H groups in total. The third kappa shape index (κ3) is 2.75. The van der Waals surface area contributed by atoms with Crippen LogP contribution >= 0.6 is 0 Å². The normalized spacial score (nSPS) is 25.0. The Kier molecular flexibility index (Phi) is 3.36. The largest absolute Gasteiger partial charge is 0.471 e. The Hall–Kier alpha value is -0.740. The van der Waals surface area contributed by atoms with Gasteiger partial charge in [-0.15, -0.1) is 0 Å². The van der Waals surface area contributed by atoms with Gasteiger partial charge in [-0.25, -0.2) is 0 Å². The number of halogens is 3. The lowest BCUT2D eigenvalue weighted by Crippen LogP contribution is -2.48. The Morgan fingerprint density at radius 1 is 0.941 bits per heavy atom. The van der Waals surface area contributed by atoms with Gasteiger partial charge < -0.3 is 4.90 Å². The number of nitrogens with zero attached hydrogens (tertiary/aromatic N) is 1. The Morgan fingerprint density at radius 3 is 1.94 bits per heavy atom. The molecule has 17 heavy (non-hydrogen) atoms. The molecule has 0 bridgehead atoms. The van der Waals surface area contributed by atoms with Crippen LogP contribution in [0.2, 0.25) is 0 Å². The molecule has 0 radical (unpaired) electrons. The van der Waals surface area contributed by atoms with E-state index < -0.39 is 12.1 Å². The lowest BCUT2D eigenvalue weighted by Gasteiger charge is -2.44. The molecule has 1 aliphatic carbocycles. The van der Waals surface area contributed by atoms with E-state index in [9.17, 15) is 18.0 Å². The molecule has 1 saturated carbocycles. The molecule has 2 fully saturated rings. The molecule has 5 heteroatoms. The predicted octanol–water partition coefficient (Wildman–Crippen LogP) is 3.12. The van der Waals surface area contributed by atoms with Gasteiger partial charge in [-0.2, -0.15) is 13.2 Å². The van der Waals surface area contributed by atoms with Gasteiger partial charge in [0, 0.05) is 13.1 Å². The minimum absolute atomic E-state index is 0.237. The number of rotatable bonds is 0. The van der Waals surface area contributed by atoms with Gasteiger partial charge in [0.05, 0.1) is 0 Å². The summed E-state index contributed by atoms with van der Waals surface area (Å²) in [5.41, 5.74) is 0.237. The Bertz CT molecular complexity index is 285. The van der Waals surface area contributed by atoms with Crippen molar-refractivity contribution < 1.29 is 18.0 Å². The number of piperidine rings is 1. The van der Waals surface area contributed by atoms with Crippen LogP contribution in [0.3, 0.4) is 0 Å². The molecular weight excluding hydrogens is 231 g/mol. The zero-order valence-electron chi connectivity index (χ0n) is 9.85. The van der Waals surface area contributed by atoms with Crippen LogP contribution < -0.4 is 0 Å². The van der Waals surface area contributed by atoms with Gasteiger partial charge in [0.2, 0.25) is 0 Å². The summed E-state index contributed by atoms with van der Waals surface area (Å²) in [6, 6.07) is 0. The lowest BCUT2D eigenvalue weighted by atomic mass is 9.68. The van der Waals surface area contributed by atoms with Gasteiger partial charge in [0.25, 0.3) is 0 Å². The average Bonchev–Trinajstić information content (AvgIpc) is 2.29. The number of carbonyl (C=O) groups is 1. The molecule has 0 aromatic carbocycles. The number of amides is 1. The standard InChI is InChI=1S/C12H18F3NO/c13-12(14,15)10(17)16-8-6-11(7-9-16)4-2-1-3-5-11/h1-9H2. The first-order chi connectivity index (χ1) is 7.93. The fourth-order valence-corrected chi connectivity index (χ4v) is 3.17. The van der Waals surface area contributed by atoms with Gasteiger partial charge in [-0.3, -0.25) is 4.79 Å². The van der Waals surface area contributed by atoms with Crippen LogP contribution in [0.15, 0.2) is 0 Å². The molecule has 1 saturated heterocycles. The highest BCUT2D eigenvalue weighted by Gasteiger charge is 2.45. The SMILES string of the molecule is O=C(N1CCC2(CCCCC2)CC1)C(F)(F)F. The van der Waals surface area contributed by atoms with E-state index in [1.165, 1.54) is 19.3 Å². The van der Waals surface area contributed by atoms with Crippen LogP contribution in [0.5, 0.6) is 0 Å². The second kappa shape index (κ2) is 4.50. The van der Waals surface area contributed by atoms with Gasteiger partial charge in [-0.05, 0) is 31.1 Å². The van der Waals surface area contributed by atoms with Crippen LogP contribution in [-0.2, 0) is 4.79 Å². The van der Waals surface area contributed by atoms with E-state index in [1.54, 1.807) is 0 Å². The first-order valence-electron chi connectivity index (χ1n) is 6.29. The lowest BCUT2D eigenvalue weighted by molar-refractivity contribution is -0.187. The molecule has 2 rings (SSSR count). The number of likely N-dealkylation sites (tertiary alicyclic amines) is 1. The van der Waals surface area contributed by atoms with Crippen molar-refractivity contribution in [3.05, 3.63) is 0 Å². The fraction of sp³-hybridized carbons (Fsp3) is 0.917. The van der Waals surface area contributed by atoms with Crippen molar-refractivity contribution in [2.45, 2.75) is 51.1 Å². The van der Waals surface area contributed by atoms with Gasteiger partial charge >= 0.3 is 12.1 Å². The highest BCUT2D eigenvalue weighted by atomic mass is 19.4. The van der Waals surface area contributed by atoms with Crippen LogP contribution in [0.25, 0.3) is 0 Å². The van der Waals surface area contributed by atoms with E-state index in [2.05, 4.69) is 0 Å². The van der Waals surface area contributed by atoms with Crippen LogP contribution in [0, 0.1) is 5.41 Å². The minimum Gasteiger partial charge on any atom is -0.335 e. The summed E-state index contributed by atoms with van der Waals surface area (Å²) in [7, 11) is 0. The van der Waals surface area contributed by atoms with Crippen LogP contribution in [-0.4, -0.2) is 30.1 Å². The predicted molar refractivity (Wildman–Crippen MR) is 57.4 cm³/mol. The fourth-order valence-electron chi connectivity index (χ4n) is 3.17. The number of hydrogen-bond acceptors (Lipinski definition) is 1. The molecule has 0 aromatic rings. The molecule has 1 spiro atoms. The van der Waals surface area contributed by atoms with Crippen molar-refractivity contribution in [3.8, 4) is 0 Å². The Labute approximate surface area is 99.2 Å². The summed E-state index contributed by atoms with van der Waals surface area (Å²) >= 11 is 0. The van der Waals surface area contributed by atoms with Crippen LogP contribution in [0.4, 0.5) is 13.2 Å². The summed E-state index contributed by atoms with van der Waals surface area (Å²) in [4.78, 5) is 12.1. The van der Waals surface area contributed by atoms with Crippen molar-refractivity contribution in [2.24, 2.45) is 5.41 Å². The monoisotopic (exact) mass is 249 g/mol. The maximum absolute atomic E-state index is 12.3. The minimum atomic E-state index is -4.71.